The molecule has 21 heavy (non-hydrogen) atoms. The molecule has 1 aliphatic heterocycles. The van der Waals surface area contributed by atoms with Crippen LogP contribution < -0.4 is 0 Å². The third-order valence-corrected chi connectivity index (χ3v) is 4.65. The van der Waals surface area contributed by atoms with Crippen molar-refractivity contribution in [2.45, 2.75) is 50.9 Å². The minimum Gasteiger partial charge on any atom is -0.362 e. The van der Waals surface area contributed by atoms with E-state index in [0.717, 1.165) is 23.4 Å². The van der Waals surface area contributed by atoms with Crippen molar-refractivity contribution in [2.24, 2.45) is 0 Å². The van der Waals surface area contributed by atoms with Crippen LogP contribution >= 0.6 is 11.6 Å². The highest BCUT2D eigenvalue weighted by Crippen LogP contribution is 2.50. The number of benzene rings is 1. The van der Waals surface area contributed by atoms with Gasteiger partial charge < -0.3 is 4.74 Å². The maximum Gasteiger partial charge on any atom is 0.137 e. The van der Waals surface area contributed by atoms with Crippen molar-refractivity contribution in [3.63, 3.8) is 0 Å². The molecule has 1 aromatic heterocycles. The van der Waals surface area contributed by atoms with Crippen LogP contribution in [0.15, 0.2) is 36.9 Å². The lowest BCUT2D eigenvalue weighted by molar-refractivity contribution is -0.117. The smallest absolute Gasteiger partial charge is 0.137 e. The lowest BCUT2D eigenvalue weighted by Crippen LogP contribution is -2.37. The Morgan fingerprint density at radius 3 is 2.48 bits per heavy atom. The van der Waals surface area contributed by atoms with Crippen molar-refractivity contribution in [1.82, 2.24) is 14.8 Å². The number of halogens is 1. The average Bonchev–Trinajstić information content (AvgIpc) is 3.07. The predicted molar refractivity (Wildman–Crippen MR) is 82.3 cm³/mol. The molecular formula is C16H20ClN3O. The quantitative estimate of drug-likeness (QED) is 0.861. The summed E-state index contributed by atoms with van der Waals surface area (Å²) >= 11 is 6.03. The summed E-state index contributed by atoms with van der Waals surface area (Å²) in [5.41, 5.74) is 0.594. The van der Waals surface area contributed by atoms with E-state index in [0.29, 0.717) is 0 Å². The molecule has 1 aliphatic rings. The summed E-state index contributed by atoms with van der Waals surface area (Å²) in [7, 11) is 0. The second-order valence-corrected chi connectivity index (χ2v) is 6.75. The Kier molecular flexibility index (Phi) is 3.54. The van der Waals surface area contributed by atoms with Crippen molar-refractivity contribution in [3.05, 3.63) is 47.5 Å². The van der Waals surface area contributed by atoms with Crippen LogP contribution in [-0.4, -0.2) is 20.4 Å². The molecule has 0 aliphatic carbocycles. The SMILES string of the molecule is CC(n1cncn1)C1(c2ccc(Cl)cc2)CCC(C)(C)O1. The minimum absolute atomic E-state index is 0.0583. The third-order valence-electron chi connectivity index (χ3n) is 4.40. The monoisotopic (exact) mass is 305 g/mol. The predicted octanol–water partition coefficient (Wildman–Crippen LogP) is 3.98. The number of ether oxygens (including phenoxy) is 1. The zero-order valence-electron chi connectivity index (χ0n) is 12.6. The molecule has 1 fully saturated rings. The number of aromatic nitrogens is 3. The maximum atomic E-state index is 6.52. The summed E-state index contributed by atoms with van der Waals surface area (Å²) in [6.45, 7) is 6.40. The molecule has 1 saturated heterocycles. The molecule has 0 amide bonds. The van der Waals surface area contributed by atoms with Gasteiger partial charge in [-0.15, -0.1) is 0 Å². The molecule has 2 heterocycles. The number of nitrogens with zero attached hydrogens (tertiary/aromatic N) is 3. The lowest BCUT2D eigenvalue weighted by Gasteiger charge is -2.37. The van der Waals surface area contributed by atoms with E-state index in [1.54, 1.807) is 12.7 Å². The molecule has 2 unspecified atom stereocenters. The number of rotatable bonds is 3. The zero-order valence-corrected chi connectivity index (χ0v) is 13.3. The Labute approximate surface area is 130 Å². The van der Waals surface area contributed by atoms with Gasteiger partial charge in [-0.2, -0.15) is 5.10 Å². The fourth-order valence-electron chi connectivity index (χ4n) is 3.18. The molecule has 112 valence electrons. The highest BCUT2D eigenvalue weighted by Gasteiger charge is 2.50. The summed E-state index contributed by atoms with van der Waals surface area (Å²) < 4.78 is 8.39. The van der Waals surface area contributed by atoms with Crippen LogP contribution in [0.1, 0.15) is 45.2 Å². The zero-order chi connectivity index (χ0) is 15.1. The van der Waals surface area contributed by atoms with Gasteiger partial charge >= 0.3 is 0 Å². The number of hydrogen-bond donors (Lipinski definition) is 0. The van der Waals surface area contributed by atoms with Crippen LogP contribution in [0.2, 0.25) is 5.02 Å². The Morgan fingerprint density at radius 1 is 1.24 bits per heavy atom. The molecule has 0 bridgehead atoms. The van der Waals surface area contributed by atoms with Crippen LogP contribution in [0.25, 0.3) is 0 Å². The van der Waals surface area contributed by atoms with Gasteiger partial charge in [0.1, 0.15) is 18.3 Å². The lowest BCUT2D eigenvalue weighted by atomic mass is 9.84. The van der Waals surface area contributed by atoms with Gasteiger partial charge in [-0.05, 0) is 51.3 Å². The molecule has 4 nitrogen and oxygen atoms in total. The average molecular weight is 306 g/mol. The largest absolute Gasteiger partial charge is 0.362 e. The molecule has 0 radical (unpaired) electrons. The van der Waals surface area contributed by atoms with Crippen molar-refractivity contribution in [2.75, 3.05) is 0 Å². The second kappa shape index (κ2) is 5.11. The second-order valence-electron chi connectivity index (χ2n) is 6.31. The van der Waals surface area contributed by atoms with Gasteiger partial charge in [0.2, 0.25) is 0 Å². The molecule has 1 aromatic carbocycles. The van der Waals surface area contributed by atoms with Crippen LogP contribution in [0.4, 0.5) is 0 Å². The van der Waals surface area contributed by atoms with E-state index in [9.17, 15) is 0 Å². The molecule has 3 rings (SSSR count). The Morgan fingerprint density at radius 2 is 1.95 bits per heavy atom. The molecule has 0 N–H and O–H groups in total. The van der Waals surface area contributed by atoms with E-state index in [-0.39, 0.29) is 11.6 Å². The first kappa shape index (κ1) is 14.5. The summed E-state index contributed by atoms with van der Waals surface area (Å²) in [6.07, 6.45) is 5.26. The molecule has 5 heteroatoms. The summed E-state index contributed by atoms with van der Waals surface area (Å²) in [6, 6.07) is 8.00. The normalized spacial score (nSPS) is 25.9. The summed E-state index contributed by atoms with van der Waals surface area (Å²) in [4.78, 5) is 4.07. The van der Waals surface area contributed by atoms with Crippen LogP contribution in [0.3, 0.4) is 0 Å². The Balaban J connectivity index is 2.06. The van der Waals surface area contributed by atoms with Crippen LogP contribution in [0.5, 0.6) is 0 Å². The van der Waals surface area contributed by atoms with Gasteiger partial charge in [0.05, 0.1) is 11.6 Å². The highest BCUT2D eigenvalue weighted by atomic mass is 35.5. The molecule has 0 spiro atoms. The van der Waals surface area contributed by atoms with E-state index in [4.69, 9.17) is 16.3 Å². The fourth-order valence-corrected chi connectivity index (χ4v) is 3.31. The van der Waals surface area contributed by atoms with Crippen molar-refractivity contribution < 1.29 is 4.74 Å². The first-order valence-corrected chi connectivity index (χ1v) is 7.61. The molecule has 2 aromatic rings. The highest BCUT2D eigenvalue weighted by molar-refractivity contribution is 6.30. The van der Waals surface area contributed by atoms with E-state index in [2.05, 4.69) is 43.0 Å². The third kappa shape index (κ3) is 2.58. The first-order chi connectivity index (χ1) is 9.93. The van der Waals surface area contributed by atoms with Crippen molar-refractivity contribution >= 4 is 11.6 Å². The standard InChI is InChI=1S/C16H20ClN3O/c1-12(20-11-18-10-19-20)16(9-8-15(2,3)21-16)13-4-6-14(17)7-5-13/h4-7,10-12H,8-9H2,1-3H3. The molecule has 0 saturated carbocycles. The van der Waals surface area contributed by atoms with E-state index < -0.39 is 5.60 Å². The topological polar surface area (TPSA) is 39.9 Å². The Bertz CT molecular complexity index is 609. The van der Waals surface area contributed by atoms with Gasteiger partial charge in [0.25, 0.3) is 0 Å². The fraction of sp³-hybridized carbons (Fsp3) is 0.500. The molecular weight excluding hydrogens is 286 g/mol. The maximum absolute atomic E-state index is 6.52. The first-order valence-electron chi connectivity index (χ1n) is 7.23. The van der Waals surface area contributed by atoms with E-state index in [1.165, 1.54) is 0 Å². The van der Waals surface area contributed by atoms with Gasteiger partial charge in [0.15, 0.2) is 0 Å². The van der Waals surface area contributed by atoms with Gasteiger partial charge in [-0.25, -0.2) is 9.67 Å². The van der Waals surface area contributed by atoms with Gasteiger partial charge in [0, 0.05) is 5.02 Å². The van der Waals surface area contributed by atoms with Crippen LogP contribution in [0, 0.1) is 0 Å². The molecule has 2 atom stereocenters. The van der Waals surface area contributed by atoms with Crippen LogP contribution in [-0.2, 0) is 10.3 Å². The number of hydrogen-bond acceptors (Lipinski definition) is 3. The Hall–Kier alpha value is -1.39. The summed E-state index contributed by atoms with van der Waals surface area (Å²) in [5, 5.41) is 5.03. The minimum atomic E-state index is -0.401. The van der Waals surface area contributed by atoms with Gasteiger partial charge in [-0.1, -0.05) is 23.7 Å². The van der Waals surface area contributed by atoms with Crippen molar-refractivity contribution in [1.29, 1.82) is 0 Å². The summed E-state index contributed by atoms with van der Waals surface area (Å²) in [5.74, 6) is 0. The van der Waals surface area contributed by atoms with Crippen molar-refractivity contribution in [3.8, 4) is 0 Å². The van der Waals surface area contributed by atoms with Gasteiger partial charge in [-0.3, -0.25) is 0 Å². The van der Waals surface area contributed by atoms with E-state index in [1.807, 2.05) is 16.8 Å². The van der Waals surface area contributed by atoms with E-state index >= 15 is 0 Å².